The summed E-state index contributed by atoms with van der Waals surface area (Å²) in [5.41, 5.74) is 0.302. The van der Waals surface area contributed by atoms with Gasteiger partial charge in [0.05, 0.1) is 24.6 Å². The van der Waals surface area contributed by atoms with Crippen molar-refractivity contribution in [1.29, 1.82) is 0 Å². The molecular formula is C19H21ClNO5PS. The topological polar surface area (TPSA) is 76.1 Å². The molecule has 3 rings (SSSR count). The summed E-state index contributed by atoms with van der Waals surface area (Å²) in [4.78, 5) is 12.8. The Morgan fingerprint density at radius 2 is 2.00 bits per heavy atom. The lowest BCUT2D eigenvalue weighted by Crippen LogP contribution is -2.38. The Kier molecular flexibility index (Phi) is 6.30. The van der Waals surface area contributed by atoms with Crippen molar-refractivity contribution < 1.29 is 23.7 Å². The molecule has 0 fully saturated rings. The van der Waals surface area contributed by atoms with Crippen LogP contribution in [0.25, 0.3) is 0 Å². The van der Waals surface area contributed by atoms with Gasteiger partial charge >= 0.3 is 5.97 Å². The summed E-state index contributed by atoms with van der Waals surface area (Å²) in [5.74, 6) is -0.605. The molecule has 0 aliphatic carbocycles. The average Bonchev–Trinajstić information content (AvgIpc) is 2.94. The van der Waals surface area contributed by atoms with Gasteiger partial charge in [-0.15, -0.1) is 0 Å². The number of carbonyl (C=O) groups excluding carboxylic acids is 1. The highest BCUT2D eigenvalue weighted by Crippen LogP contribution is 2.66. The van der Waals surface area contributed by atoms with Crippen LogP contribution in [0, 0.1) is 0 Å². The number of phenolic OH excluding ortho intramolecular Hbond substituents is 1. The number of thiol groups is 1. The predicted molar refractivity (Wildman–Crippen MR) is 113 cm³/mol. The number of nitrogens with zero attached hydrogens (tertiary/aromatic N) is 1. The molecule has 150 valence electrons. The van der Waals surface area contributed by atoms with Crippen molar-refractivity contribution in [2.45, 2.75) is 25.5 Å². The Hall–Kier alpha value is -1.66. The minimum atomic E-state index is -3.68. The molecular weight excluding hydrogens is 421 g/mol. The molecule has 1 heterocycles. The van der Waals surface area contributed by atoms with Crippen molar-refractivity contribution in [2.75, 3.05) is 17.5 Å². The zero-order valence-electron chi connectivity index (χ0n) is 15.4. The van der Waals surface area contributed by atoms with Crippen molar-refractivity contribution in [1.82, 2.24) is 0 Å². The molecule has 1 aliphatic rings. The number of rotatable bonds is 6. The summed E-state index contributed by atoms with van der Waals surface area (Å²) in [7, 11) is -3.68. The fourth-order valence-electron chi connectivity index (χ4n) is 3.44. The zero-order valence-corrected chi connectivity index (χ0v) is 18.0. The molecule has 0 aromatic heterocycles. The van der Waals surface area contributed by atoms with Crippen LogP contribution in [0.4, 0.5) is 5.69 Å². The Morgan fingerprint density at radius 1 is 1.25 bits per heavy atom. The van der Waals surface area contributed by atoms with Crippen LogP contribution in [0.5, 0.6) is 5.75 Å². The van der Waals surface area contributed by atoms with Gasteiger partial charge in [-0.3, -0.25) is 4.57 Å². The first-order valence-corrected chi connectivity index (χ1v) is 11.3. The van der Waals surface area contributed by atoms with Gasteiger partial charge in [-0.05, 0) is 55.8 Å². The first-order valence-electron chi connectivity index (χ1n) is 8.81. The summed E-state index contributed by atoms with van der Waals surface area (Å²) >= 11 is 10.7. The second-order valence-corrected chi connectivity index (χ2v) is 9.62. The third-order valence-corrected chi connectivity index (χ3v) is 8.15. The molecule has 28 heavy (non-hydrogen) atoms. The van der Waals surface area contributed by atoms with E-state index in [1.54, 1.807) is 44.2 Å². The molecule has 1 aliphatic heterocycles. The summed E-state index contributed by atoms with van der Waals surface area (Å²) in [6, 6.07) is 10.2. The number of fused-ring (bicyclic) bond motifs is 1. The smallest absolute Gasteiger partial charge is 0.331 e. The Labute approximate surface area is 174 Å². The van der Waals surface area contributed by atoms with Crippen LogP contribution in [-0.4, -0.2) is 30.3 Å². The Bertz CT molecular complexity index is 940. The average molecular weight is 442 g/mol. The molecule has 2 aromatic rings. The van der Waals surface area contributed by atoms with E-state index in [1.165, 1.54) is 16.4 Å². The molecule has 1 N–H and O–H groups in total. The van der Waals surface area contributed by atoms with Gasteiger partial charge in [0.1, 0.15) is 5.75 Å². The first-order chi connectivity index (χ1) is 13.3. The number of phenols is 1. The maximum Gasteiger partial charge on any atom is 0.331 e. The SMILES string of the molecule is CCOC(=O)C1C(P(=O)(OCC)c2cccc(O)c2)c2cc(Cl)ccc2N1S. The van der Waals surface area contributed by atoms with Crippen LogP contribution in [0.15, 0.2) is 42.5 Å². The number of anilines is 1. The van der Waals surface area contributed by atoms with Crippen LogP contribution in [0.2, 0.25) is 5.02 Å². The summed E-state index contributed by atoms with van der Waals surface area (Å²) in [6.07, 6.45) is 0. The monoisotopic (exact) mass is 441 g/mol. The lowest BCUT2D eigenvalue weighted by atomic mass is 10.1. The number of hydrogen-bond donors (Lipinski definition) is 2. The van der Waals surface area contributed by atoms with Gasteiger partial charge in [0.25, 0.3) is 0 Å². The molecule has 0 saturated heterocycles. The number of ether oxygens (including phenoxy) is 1. The fraction of sp³-hybridized carbons (Fsp3) is 0.316. The van der Waals surface area contributed by atoms with Crippen LogP contribution in [0.3, 0.4) is 0 Å². The molecule has 0 bridgehead atoms. The van der Waals surface area contributed by atoms with Crippen LogP contribution >= 0.6 is 31.8 Å². The number of halogens is 1. The van der Waals surface area contributed by atoms with E-state index < -0.39 is 25.0 Å². The highest BCUT2D eigenvalue weighted by Gasteiger charge is 2.53. The lowest BCUT2D eigenvalue weighted by Gasteiger charge is -2.30. The molecule has 6 nitrogen and oxygen atoms in total. The standard InChI is InChI=1S/C19H21ClNO5PS/c1-3-25-19(23)17-18(15-10-12(20)8-9-16(15)21(17)28)27(24,26-4-2)14-7-5-6-13(22)11-14/h5-11,17-18,22,28H,3-4H2,1-2H3. The van der Waals surface area contributed by atoms with Gasteiger partial charge in [-0.2, -0.15) is 0 Å². The fourth-order valence-corrected chi connectivity index (χ4v) is 6.96. The normalized spacial score (nSPS) is 20.5. The number of benzene rings is 2. The van der Waals surface area contributed by atoms with E-state index in [-0.39, 0.29) is 19.0 Å². The van der Waals surface area contributed by atoms with Crippen molar-refractivity contribution >= 4 is 48.7 Å². The van der Waals surface area contributed by atoms with Gasteiger partial charge < -0.3 is 18.7 Å². The molecule has 9 heteroatoms. The largest absolute Gasteiger partial charge is 0.508 e. The van der Waals surface area contributed by atoms with Crippen molar-refractivity contribution in [3.63, 3.8) is 0 Å². The molecule has 0 spiro atoms. The molecule has 3 unspecified atom stereocenters. The van der Waals surface area contributed by atoms with E-state index in [1.807, 2.05) is 0 Å². The lowest BCUT2D eigenvalue weighted by molar-refractivity contribution is -0.144. The van der Waals surface area contributed by atoms with E-state index in [4.69, 9.17) is 20.9 Å². The number of esters is 1. The summed E-state index contributed by atoms with van der Waals surface area (Å²) in [6.45, 7) is 3.75. The summed E-state index contributed by atoms with van der Waals surface area (Å²) in [5, 5.41) is 10.7. The number of carbonyl (C=O) groups is 1. The van der Waals surface area contributed by atoms with Gasteiger partial charge in [0.2, 0.25) is 7.37 Å². The van der Waals surface area contributed by atoms with E-state index >= 15 is 0 Å². The molecule has 0 amide bonds. The quantitative estimate of drug-likeness (QED) is 0.395. The third-order valence-electron chi connectivity index (χ3n) is 4.52. The second kappa shape index (κ2) is 8.37. The van der Waals surface area contributed by atoms with Crippen LogP contribution in [-0.2, 0) is 18.6 Å². The maximum absolute atomic E-state index is 14.3. The highest BCUT2D eigenvalue weighted by molar-refractivity contribution is 7.82. The molecule has 0 radical (unpaired) electrons. The first kappa shape index (κ1) is 21.1. The van der Waals surface area contributed by atoms with Crippen LogP contribution in [0.1, 0.15) is 25.1 Å². The zero-order chi connectivity index (χ0) is 20.5. The molecule has 3 atom stereocenters. The van der Waals surface area contributed by atoms with E-state index in [0.29, 0.717) is 21.6 Å². The van der Waals surface area contributed by atoms with E-state index in [0.717, 1.165) is 0 Å². The minimum Gasteiger partial charge on any atom is -0.508 e. The maximum atomic E-state index is 14.3. The van der Waals surface area contributed by atoms with Crippen LogP contribution < -0.4 is 9.61 Å². The van der Waals surface area contributed by atoms with Gasteiger partial charge in [-0.25, -0.2) is 4.79 Å². The van der Waals surface area contributed by atoms with Crippen molar-refractivity contribution in [2.24, 2.45) is 0 Å². The predicted octanol–water partition coefficient (Wildman–Crippen LogP) is 4.32. The van der Waals surface area contributed by atoms with Gasteiger partial charge in [0.15, 0.2) is 6.04 Å². The summed E-state index contributed by atoms with van der Waals surface area (Å²) < 4.78 is 26.7. The van der Waals surface area contributed by atoms with Crippen molar-refractivity contribution in [3.05, 3.63) is 53.1 Å². The highest BCUT2D eigenvalue weighted by atomic mass is 35.5. The van der Waals surface area contributed by atoms with Gasteiger partial charge in [0, 0.05) is 10.3 Å². The number of aromatic hydroxyl groups is 1. The van der Waals surface area contributed by atoms with Gasteiger partial charge in [-0.1, -0.05) is 30.5 Å². The Morgan fingerprint density at radius 3 is 2.64 bits per heavy atom. The Balaban J connectivity index is 2.24. The van der Waals surface area contributed by atoms with E-state index in [9.17, 15) is 14.5 Å². The third kappa shape index (κ3) is 3.64. The number of hydrogen-bond acceptors (Lipinski definition) is 7. The van der Waals surface area contributed by atoms with Crippen molar-refractivity contribution in [3.8, 4) is 5.75 Å². The van der Waals surface area contributed by atoms with E-state index in [2.05, 4.69) is 12.8 Å². The molecule has 0 saturated carbocycles. The minimum absolute atomic E-state index is 0.0443. The molecule has 2 aromatic carbocycles. The second-order valence-electron chi connectivity index (χ2n) is 6.22.